The van der Waals surface area contributed by atoms with Crippen molar-refractivity contribution < 1.29 is 13.5 Å². The van der Waals surface area contributed by atoms with Gasteiger partial charge in [-0.3, -0.25) is 9.45 Å². The number of methoxy groups -OCH3 is 1. The maximum absolute atomic E-state index is 11.4. The number of nitrogens with zero attached hydrogens (tertiary/aromatic N) is 1. The molecule has 1 unspecified atom stereocenters. The summed E-state index contributed by atoms with van der Waals surface area (Å²) in [5.41, 5.74) is 2.43. The molecule has 1 saturated heterocycles. The normalized spacial score (nSPS) is 25.6. The number of ether oxygens (including phenoxy) is 1. The highest BCUT2D eigenvalue weighted by Gasteiger charge is 2.38. The lowest BCUT2D eigenvalue weighted by Crippen LogP contribution is -2.50. The maximum atomic E-state index is 11.4. The largest absolute Gasteiger partial charge is 0.497 e. The Morgan fingerprint density at radius 3 is 2.39 bits per heavy atom. The highest BCUT2D eigenvalue weighted by Crippen LogP contribution is 2.40. The van der Waals surface area contributed by atoms with Gasteiger partial charge in [0.05, 0.1) is 7.11 Å². The third-order valence-corrected chi connectivity index (χ3v) is 7.86. The van der Waals surface area contributed by atoms with Gasteiger partial charge in [0.1, 0.15) is 5.75 Å². The van der Waals surface area contributed by atoms with Gasteiger partial charge in [0, 0.05) is 30.6 Å². The predicted molar refractivity (Wildman–Crippen MR) is 134 cm³/mol. The van der Waals surface area contributed by atoms with E-state index in [0.29, 0.717) is 18.6 Å². The molecule has 4 rings (SSSR count). The molecule has 6 nitrogen and oxygen atoms in total. The molecule has 3 N–H and O–H groups in total. The quantitative estimate of drug-likeness (QED) is 0.485. The van der Waals surface area contributed by atoms with Crippen LogP contribution in [0.1, 0.15) is 49.7 Å². The van der Waals surface area contributed by atoms with Gasteiger partial charge < -0.3 is 10.1 Å². The average Bonchev–Trinajstić information content (AvgIpc) is 2.85. The van der Waals surface area contributed by atoms with Gasteiger partial charge in [-0.25, -0.2) is 8.93 Å². The van der Waals surface area contributed by atoms with Gasteiger partial charge >= 0.3 is 0 Å². The molecule has 1 aliphatic carbocycles. The number of rotatable bonds is 9. The number of hydrogen-bond acceptors (Lipinski definition) is 4. The average molecular weight is 472 g/mol. The van der Waals surface area contributed by atoms with E-state index in [1.54, 1.807) is 7.11 Å². The molecular weight excluding hydrogens is 434 g/mol. The van der Waals surface area contributed by atoms with Gasteiger partial charge in [-0.15, -0.1) is 0 Å². The van der Waals surface area contributed by atoms with Gasteiger partial charge in [0.25, 0.3) is 0 Å². The summed E-state index contributed by atoms with van der Waals surface area (Å²) in [6, 6.07) is 20.0. The Bertz CT molecular complexity index is 895. The van der Waals surface area contributed by atoms with Crippen molar-refractivity contribution in [2.75, 3.05) is 26.7 Å². The van der Waals surface area contributed by atoms with E-state index >= 15 is 0 Å². The zero-order valence-electron chi connectivity index (χ0n) is 19.5. The second-order valence-corrected chi connectivity index (χ2v) is 10.3. The SMILES string of the molecule is COc1cccc(C2(CNS(=O)O)CCC(NC3CCN(Cc4ccccc4)CC3)CC2)c1. The lowest BCUT2D eigenvalue weighted by molar-refractivity contribution is 0.167. The van der Waals surface area contributed by atoms with E-state index in [4.69, 9.17) is 4.74 Å². The van der Waals surface area contributed by atoms with Crippen LogP contribution in [0, 0.1) is 0 Å². The second-order valence-electron chi connectivity index (χ2n) is 9.56. The van der Waals surface area contributed by atoms with Crippen LogP contribution < -0.4 is 14.8 Å². The van der Waals surface area contributed by atoms with E-state index in [-0.39, 0.29) is 5.41 Å². The van der Waals surface area contributed by atoms with Crippen LogP contribution in [0.15, 0.2) is 54.6 Å². The van der Waals surface area contributed by atoms with Crippen LogP contribution in [-0.2, 0) is 23.2 Å². The predicted octanol–water partition coefficient (Wildman–Crippen LogP) is 3.86. The van der Waals surface area contributed by atoms with Crippen molar-refractivity contribution in [3.63, 3.8) is 0 Å². The minimum atomic E-state index is -2.01. The molecule has 2 fully saturated rings. The summed E-state index contributed by atoms with van der Waals surface area (Å²) in [6.45, 7) is 3.81. The third kappa shape index (κ3) is 6.64. The minimum Gasteiger partial charge on any atom is -0.497 e. The van der Waals surface area contributed by atoms with Gasteiger partial charge in [-0.1, -0.05) is 42.5 Å². The molecule has 2 aromatic carbocycles. The first-order valence-electron chi connectivity index (χ1n) is 12.1. The molecule has 1 heterocycles. The van der Waals surface area contributed by atoms with E-state index in [2.05, 4.69) is 57.4 Å². The Balaban J connectivity index is 1.30. The summed E-state index contributed by atoms with van der Waals surface area (Å²) in [5, 5.41) is 3.94. The summed E-state index contributed by atoms with van der Waals surface area (Å²) in [6.07, 6.45) is 6.48. The minimum absolute atomic E-state index is 0.149. The Kier molecular flexibility index (Phi) is 8.55. The van der Waals surface area contributed by atoms with Crippen molar-refractivity contribution >= 4 is 11.3 Å². The van der Waals surface area contributed by atoms with E-state index in [1.165, 1.54) is 24.0 Å². The monoisotopic (exact) mass is 471 g/mol. The van der Waals surface area contributed by atoms with Crippen molar-refractivity contribution in [2.45, 2.75) is 62.6 Å². The highest BCUT2D eigenvalue weighted by atomic mass is 32.2. The zero-order valence-corrected chi connectivity index (χ0v) is 20.4. The summed E-state index contributed by atoms with van der Waals surface area (Å²) in [4.78, 5) is 2.56. The molecule has 1 aliphatic heterocycles. The second kappa shape index (κ2) is 11.6. The molecule has 1 saturated carbocycles. The number of benzene rings is 2. The lowest BCUT2D eigenvalue weighted by atomic mass is 9.68. The van der Waals surface area contributed by atoms with Crippen LogP contribution in [0.2, 0.25) is 0 Å². The van der Waals surface area contributed by atoms with Crippen molar-refractivity contribution in [3.8, 4) is 5.75 Å². The number of hydrogen-bond donors (Lipinski definition) is 3. The number of piperidine rings is 1. The molecule has 0 bridgehead atoms. The van der Waals surface area contributed by atoms with E-state index in [1.807, 2.05) is 12.1 Å². The fraction of sp³-hybridized carbons (Fsp3) is 0.538. The van der Waals surface area contributed by atoms with Crippen LogP contribution in [0.3, 0.4) is 0 Å². The van der Waals surface area contributed by atoms with Crippen molar-refractivity contribution in [2.24, 2.45) is 0 Å². The molecular formula is C26H37N3O3S. The Morgan fingerprint density at radius 2 is 1.73 bits per heavy atom. The fourth-order valence-corrected chi connectivity index (χ4v) is 5.89. The van der Waals surface area contributed by atoms with E-state index in [0.717, 1.165) is 51.1 Å². The topological polar surface area (TPSA) is 73.8 Å². The van der Waals surface area contributed by atoms with Gasteiger partial charge in [-0.05, 0) is 74.9 Å². The van der Waals surface area contributed by atoms with Crippen LogP contribution in [0.25, 0.3) is 0 Å². The zero-order chi connectivity index (χ0) is 23.1. The molecule has 0 amide bonds. The third-order valence-electron chi connectivity index (χ3n) is 7.47. The first-order valence-corrected chi connectivity index (χ1v) is 13.2. The van der Waals surface area contributed by atoms with Crippen molar-refractivity contribution in [1.29, 1.82) is 0 Å². The smallest absolute Gasteiger partial charge is 0.231 e. The lowest BCUT2D eigenvalue weighted by Gasteiger charge is -2.42. The Morgan fingerprint density at radius 1 is 1.03 bits per heavy atom. The molecule has 7 heteroatoms. The van der Waals surface area contributed by atoms with Crippen LogP contribution in [0.5, 0.6) is 5.75 Å². The van der Waals surface area contributed by atoms with Crippen LogP contribution >= 0.6 is 0 Å². The molecule has 0 spiro atoms. The Hall–Kier alpha value is -1.77. The van der Waals surface area contributed by atoms with Crippen LogP contribution in [-0.4, -0.2) is 52.5 Å². The molecule has 2 aliphatic rings. The van der Waals surface area contributed by atoms with Crippen molar-refractivity contribution in [3.05, 3.63) is 65.7 Å². The first-order chi connectivity index (χ1) is 16.1. The highest BCUT2D eigenvalue weighted by molar-refractivity contribution is 7.77. The van der Waals surface area contributed by atoms with E-state index < -0.39 is 11.3 Å². The maximum Gasteiger partial charge on any atom is 0.231 e. The fourth-order valence-electron chi connectivity index (χ4n) is 5.49. The summed E-state index contributed by atoms with van der Waals surface area (Å²) in [7, 11) is 1.68. The summed E-state index contributed by atoms with van der Waals surface area (Å²) in [5.74, 6) is 0.833. The number of likely N-dealkylation sites (tertiary alicyclic amines) is 1. The summed E-state index contributed by atoms with van der Waals surface area (Å²) >= 11 is -2.01. The van der Waals surface area contributed by atoms with Crippen molar-refractivity contribution in [1.82, 2.24) is 14.9 Å². The molecule has 1 atom stereocenters. The van der Waals surface area contributed by atoms with Gasteiger partial charge in [-0.2, -0.15) is 0 Å². The first kappa shape index (κ1) is 24.4. The summed E-state index contributed by atoms with van der Waals surface area (Å²) < 4.78 is 28.9. The molecule has 180 valence electrons. The standard InChI is InChI=1S/C26H37N3O3S/c1-32-25-9-5-8-22(18-25)26(20-27-33(30)31)14-10-23(11-15-26)28-24-12-16-29(17-13-24)19-21-6-3-2-4-7-21/h2-9,18,23-24,27-28H,10-17,19-20H2,1H3,(H,30,31). The Labute approximate surface area is 200 Å². The number of nitrogens with one attached hydrogen (secondary N) is 2. The molecule has 33 heavy (non-hydrogen) atoms. The van der Waals surface area contributed by atoms with Crippen LogP contribution in [0.4, 0.5) is 0 Å². The molecule has 0 radical (unpaired) electrons. The molecule has 2 aromatic rings. The molecule has 0 aromatic heterocycles. The van der Waals surface area contributed by atoms with Gasteiger partial charge in [0.2, 0.25) is 11.3 Å². The van der Waals surface area contributed by atoms with Gasteiger partial charge in [0.15, 0.2) is 0 Å². The van der Waals surface area contributed by atoms with E-state index in [9.17, 15) is 8.76 Å².